The lowest BCUT2D eigenvalue weighted by Crippen LogP contribution is -2.36. The fraction of sp³-hybridized carbons (Fsp3) is 0.520. The van der Waals surface area contributed by atoms with Crippen molar-refractivity contribution in [2.45, 2.75) is 59.8 Å². The van der Waals surface area contributed by atoms with E-state index < -0.39 is 18.6 Å². The summed E-state index contributed by atoms with van der Waals surface area (Å²) in [5.41, 5.74) is 7.16. The van der Waals surface area contributed by atoms with E-state index in [9.17, 15) is 9.90 Å². The van der Waals surface area contributed by atoms with Crippen LogP contribution in [-0.4, -0.2) is 47.8 Å². The maximum absolute atomic E-state index is 11.1. The van der Waals surface area contributed by atoms with Gasteiger partial charge >= 0.3 is 0 Å². The summed E-state index contributed by atoms with van der Waals surface area (Å²) in [6, 6.07) is 6.20. The predicted octanol–water partition coefficient (Wildman–Crippen LogP) is 2.95. The van der Waals surface area contributed by atoms with E-state index in [4.69, 9.17) is 19.7 Å². The van der Waals surface area contributed by atoms with Crippen LogP contribution in [-0.2, 0) is 22.5 Å². The van der Waals surface area contributed by atoms with Gasteiger partial charge in [-0.25, -0.2) is 15.3 Å². The van der Waals surface area contributed by atoms with Gasteiger partial charge in [-0.1, -0.05) is 20.8 Å². The lowest BCUT2D eigenvalue weighted by molar-refractivity contribution is -0.124. The van der Waals surface area contributed by atoms with E-state index in [-0.39, 0.29) is 19.4 Å². The van der Waals surface area contributed by atoms with E-state index in [0.717, 1.165) is 34.4 Å². The topological polar surface area (TPSA) is 112 Å². The molecule has 2 heterocycles. The molecule has 2 unspecified atom stereocenters. The highest BCUT2D eigenvalue weighted by atomic mass is 32.1. The quantitative estimate of drug-likeness (QED) is 0.386. The number of rotatable bonds is 11. The summed E-state index contributed by atoms with van der Waals surface area (Å²) in [5.74, 6) is 1.45. The summed E-state index contributed by atoms with van der Waals surface area (Å²) >= 11 is 1.72. The fourth-order valence-electron chi connectivity index (χ4n) is 3.82. The molecule has 1 aromatic heterocycles. The molecule has 0 radical (unpaired) electrons. The average Bonchev–Trinajstić information content (AvgIpc) is 3.43. The number of hydrogen-bond acceptors (Lipinski definition) is 8. The van der Waals surface area contributed by atoms with Gasteiger partial charge in [-0.2, -0.15) is 0 Å². The van der Waals surface area contributed by atoms with Gasteiger partial charge in [0.25, 0.3) is 0 Å². The Morgan fingerprint density at radius 1 is 1.29 bits per heavy atom. The molecule has 0 saturated heterocycles. The molecule has 2 atom stereocenters. The van der Waals surface area contributed by atoms with Gasteiger partial charge < -0.3 is 20.3 Å². The van der Waals surface area contributed by atoms with Crippen LogP contribution in [0.1, 0.15) is 59.0 Å². The first-order chi connectivity index (χ1) is 16.2. The lowest BCUT2D eigenvalue weighted by Gasteiger charge is -2.18. The number of hydrogen-bond donors (Lipinski definition) is 4. The van der Waals surface area contributed by atoms with Crippen molar-refractivity contribution < 1.29 is 24.6 Å². The molecule has 0 saturated carbocycles. The molecular formula is C25H35N3O5S. The first-order valence-corrected chi connectivity index (χ1v) is 12.4. The Labute approximate surface area is 205 Å². The van der Waals surface area contributed by atoms with E-state index in [1.807, 2.05) is 26.0 Å². The van der Waals surface area contributed by atoms with Crippen LogP contribution >= 0.6 is 11.3 Å². The number of aryl methyl sites for hydroxylation is 3. The number of benzene rings is 1. The highest BCUT2D eigenvalue weighted by Gasteiger charge is 2.25. The van der Waals surface area contributed by atoms with Crippen LogP contribution in [0.15, 0.2) is 23.2 Å². The molecule has 1 aromatic carbocycles. The number of carbonyl (C=O) groups is 1. The summed E-state index contributed by atoms with van der Waals surface area (Å²) in [4.78, 5) is 24.1. The zero-order valence-corrected chi connectivity index (χ0v) is 21.3. The molecule has 2 aromatic rings. The van der Waals surface area contributed by atoms with Gasteiger partial charge in [-0.05, 0) is 67.5 Å². The Bertz CT molecular complexity index is 1030. The Morgan fingerprint density at radius 3 is 2.74 bits per heavy atom. The van der Waals surface area contributed by atoms with Gasteiger partial charge in [-0.3, -0.25) is 4.79 Å². The van der Waals surface area contributed by atoms with Crippen molar-refractivity contribution in [2.24, 2.45) is 10.9 Å². The molecule has 1 aliphatic heterocycles. The number of amidine groups is 1. The van der Waals surface area contributed by atoms with Crippen LogP contribution in [0.5, 0.6) is 5.75 Å². The molecule has 4 N–H and O–H groups in total. The SMILES string of the molecule is CCc1cc(C2=NC(c3cc(CC(C)C)c(C)s3)ON2)cc(C)c1OCC(O)CNC(=O)CO. The summed E-state index contributed by atoms with van der Waals surface area (Å²) in [7, 11) is 0. The van der Waals surface area contributed by atoms with Crippen molar-refractivity contribution in [3.63, 3.8) is 0 Å². The van der Waals surface area contributed by atoms with Crippen LogP contribution in [0.2, 0.25) is 0 Å². The molecule has 34 heavy (non-hydrogen) atoms. The maximum atomic E-state index is 11.1. The maximum Gasteiger partial charge on any atom is 0.245 e. The number of nitrogens with one attached hydrogen (secondary N) is 2. The molecule has 3 rings (SSSR count). The molecule has 186 valence electrons. The Hall–Kier alpha value is -2.46. The van der Waals surface area contributed by atoms with Crippen LogP contribution in [0.4, 0.5) is 0 Å². The van der Waals surface area contributed by atoms with Crippen LogP contribution < -0.4 is 15.5 Å². The van der Waals surface area contributed by atoms with Gasteiger partial charge in [0.1, 0.15) is 25.1 Å². The average molecular weight is 490 g/mol. The monoisotopic (exact) mass is 489 g/mol. The second-order valence-electron chi connectivity index (χ2n) is 8.94. The standard InChI is InChI=1S/C25H35N3O5S/c1-6-17-9-19(8-15(4)23(17)32-13-20(30)11-26-22(31)12-29)24-27-25(33-28-24)21-10-18(7-14(2)3)16(5)34-21/h8-10,14,20,25,29-30H,6-7,11-13H2,1-5H3,(H,26,31)(H,27,28). The normalized spacial score (nSPS) is 16.4. The second-order valence-corrected chi connectivity index (χ2v) is 10.2. The molecule has 1 aliphatic rings. The molecule has 0 spiro atoms. The van der Waals surface area contributed by atoms with Crippen LogP contribution in [0.3, 0.4) is 0 Å². The number of aliphatic imine (C=N–C) groups is 1. The molecule has 8 nitrogen and oxygen atoms in total. The van der Waals surface area contributed by atoms with E-state index in [1.165, 1.54) is 10.4 Å². The highest BCUT2D eigenvalue weighted by molar-refractivity contribution is 7.12. The summed E-state index contributed by atoms with van der Waals surface area (Å²) in [5, 5.41) is 21.3. The first-order valence-electron chi connectivity index (χ1n) is 11.6. The summed E-state index contributed by atoms with van der Waals surface area (Å²) in [6.07, 6.45) is 0.526. The van der Waals surface area contributed by atoms with Crippen molar-refractivity contribution in [2.75, 3.05) is 19.8 Å². The van der Waals surface area contributed by atoms with Gasteiger partial charge in [0.2, 0.25) is 12.1 Å². The summed E-state index contributed by atoms with van der Waals surface area (Å²) in [6.45, 7) is 10.0. The first kappa shape index (κ1) is 26.2. The van der Waals surface area contributed by atoms with Gasteiger partial charge in [-0.15, -0.1) is 11.3 Å². The van der Waals surface area contributed by atoms with Crippen molar-refractivity contribution in [1.29, 1.82) is 0 Å². The van der Waals surface area contributed by atoms with Crippen molar-refractivity contribution in [3.8, 4) is 5.75 Å². The van der Waals surface area contributed by atoms with Crippen molar-refractivity contribution >= 4 is 23.1 Å². The number of thiophene rings is 1. The molecule has 0 bridgehead atoms. The van der Waals surface area contributed by atoms with Crippen molar-refractivity contribution in [3.05, 3.63) is 50.2 Å². The number of amides is 1. The zero-order chi connectivity index (χ0) is 24.8. The number of aliphatic hydroxyl groups excluding tert-OH is 2. The minimum atomic E-state index is -0.885. The molecule has 9 heteroatoms. The number of hydroxylamine groups is 1. The minimum absolute atomic E-state index is 0.0124. The number of nitrogens with zero attached hydrogens (tertiary/aromatic N) is 1. The summed E-state index contributed by atoms with van der Waals surface area (Å²) < 4.78 is 5.89. The third-order valence-electron chi connectivity index (χ3n) is 5.53. The second kappa shape index (κ2) is 11.8. The third kappa shape index (κ3) is 6.56. The van der Waals surface area contributed by atoms with Gasteiger partial charge in [0.05, 0.1) is 4.88 Å². The van der Waals surface area contributed by atoms with Gasteiger partial charge in [0, 0.05) is 17.0 Å². The van der Waals surface area contributed by atoms with Crippen molar-refractivity contribution in [1.82, 2.24) is 10.8 Å². The Kier molecular flexibility index (Phi) is 9.07. The smallest absolute Gasteiger partial charge is 0.245 e. The third-order valence-corrected chi connectivity index (χ3v) is 6.65. The number of aliphatic hydroxyl groups is 2. The Morgan fingerprint density at radius 2 is 2.06 bits per heavy atom. The predicted molar refractivity (Wildman–Crippen MR) is 133 cm³/mol. The Balaban J connectivity index is 1.72. The van der Waals surface area contributed by atoms with E-state index in [0.29, 0.717) is 17.5 Å². The van der Waals surface area contributed by atoms with E-state index >= 15 is 0 Å². The molecule has 1 amide bonds. The van der Waals surface area contributed by atoms with Crippen LogP contribution in [0, 0.1) is 19.8 Å². The molecule has 0 fully saturated rings. The fourth-order valence-corrected chi connectivity index (χ4v) is 4.85. The number of ether oxygens (including phenoxy) is 1. The van der Waals surface area contributed by atoms with Crippen LogP contribution in [0.25, 0.3) is 0 Å². The largest absolute Gasteiger partial charge is 0.490 e. The zero-order valence-electron chi connectivity index (χ0n) is 20.5. The van der Waals surface area contributed by atoms with Gasteiger partial charge in [0.15, 0.2) is 5.84 Å². The minimum Gasteiger partial charge on any atom is -0.490 e. The van der Waals surface area contributed by atoms with E-state index in [2.05, 4.69) is 37.6 Å². The molecular weight excluding hydrogens is 454 g/mol. The number of carbonyl (C=O) groups excluding carboxylic acids is 1. The molecule has 0 aliphatic carbocycles. The highest BCUT2D eigenvalue weighted by Crippen LogP contribution is 2.34. The lowest BCUT2D eigenvalue weighted by atomic mass is 10.0. The van der Waals surface area contributed by atoms with E-state index in [1.54, 1.807) is 11.3 Å².